The van der Waals surface area contributed by atoms with Crippen LogP contribution in [0.1, 0.15) is 22.3 Å². The molecule has 4 rings (SSSR count). The fourth-order valence-electron chi connectivity index (χ4n) is 3.30. The van der Waals surface area contributed by atoms with Gasteiger partial charge in [-0.2, -0.15) is 0 Å². The van der Waals surface area contributed by atoms with E-state index in [1.165, 1.54) is 0 Å². The molecule has 4 nitrogen and oxygen atoms in total. The molecule has 0 saturated heterocycles. The van der Waals surface area contributed by atoms with Crippen molar-refractivity contribution in [2.75, 3.05) is 13.2 Å². The summed E-state index contributed by atoms with van der Waals surface area (Å²) in [6, 6.07) is 9.55. The Morgan fingerprint density at radius 1 is 1.12 bits per heavy atom. The lowest BCUT2D eigenvalue weighted by Crippen LogP contribution is -2.25. The molecule has 1 amide bonds. The molecule has 5 heteroatoms. The molecule has 124 valence electrons. The Morgan fingerprint density at radius 3 is 2.75 bits per heavy atom. The van der Waals surface area contributed by atoms with Gasteiger partial charge in [-0.25, -0.2) is 0 Å². The van der Waals surface area contributed by atoms with E-state index in [9.17, 15) is 4.79 Å². The molecular weight excluding hydrogens is 326 g/mol. The predicted octanol–water partition coefficient (Wildman–Crippen LogP) is 3.07. The zero-order chi connectivity index (χ0) is 16.5. The highest BCUT2D eigenvalue weighted by Crippen LogP contribution is 2.40. The average Bonchev–Trinajstić information content (AvgIpc) is 3.23. The van der Waals surface area contributed by atoms with Crippen molar-refractivity contribution in [1.29, 1.82) is 0 Å². The van der Waals surface area contributed by atoms with Gasteiger partial charge in [-0.15, -0.1) is 0 Å². The van der Waals surface area contributed by atoms with Crippen LogP contribution in [0.15, 0.2) is 30.3 Å². The van der Waals surface area contributed by atoms with Crippen molar-refractivity contribution in [2.24, 2.45) is 0 Å². The maximum absolute atomic E-state index is 12.4. The Hall–Kier alpha value is -2.20. The lowest BCUT2D eigenvalue weighted by Gasteiger charge is -2.13. The van der Waals surface area contributed by atoms with E-state index in [1.54, 1.807) is 0 Å². The number of fused-ring (bicyclic) bond motifs is 2. The average molecular weight is 344 g/mol. The molecule has 0 aliphatic carbocycles. The quantitative estimate of drug-likeness (QED) is 0.928. The van der Waals surface area contributed by atoms with Gasteiger partial charge < -0.3 is 14.8 Å². The van der Waals surface area contributed by atoms with Gasteiger partial charge in [0.15, 0.2) is 0 Å². The van der Waals surface area contributed by atoms with Crippen molar-refractivity contribution in [2.45, 2.75) is 25.8 Å². The second-order valence-corrected chi connectivity index (χ2v) is 6.53. The molecule has 0 fully saturated rings. The van der Waals surface area contributed by atoms with Crippen LogP contribution in [-0.4, -0.2) is 19.1 Å². The summed E-state index contributed by atoms with van der Waals surface area (Å²) < 4.78 is 11.5. The number of rotatable bonds is 4. The van der Waals surface area contributed by atoms with Crippen LogP contribution in [0.4, 0.5) is 0 Å². The van der Waals surface area contributed by atoms with Crippen molar-refractivity contribution in [3.8, 4) is 11.5 Å². The van der Waals surface area contributed by atoms with Crippen molar-refractivity contribution in [3.05, 3.63) is 57.6 Å². The van der Waals surface area contributed by atoms with Crippen LogP contribution in [-0.2, 0) is 30.6 Å². The molecule has 24 heavy (non-hydrogen) atoms. The maximum atomic E-state index is 12.4. The van der Waals surface area contributed by atoms with Gasteiger partial charge in [-0.3, -0.25) is 4.79 Å². The summed E-state index contributed by atoms with van der Waals surface area (Å²) in [6.07, 6.45) is 2.04. The van der Waals surface area contributed by atoms with Crippen LogP contribution in [0.3, 0.4) is 0 Å². The largest absolute Gasteiger partial charge is 0.493 e. The van der Waals surface area contributed by atoms with E-state index in [2.05, 4.69) is 11.4 Å². The molecule has 0 aromatic heterocycles. The minimum absolute atomic E-state index is 0.0112. The van der Waals surface area contributed by atoms with E-state index in [0.717, 1.165) is 46.6 Å². The van der Waals surface area contributed by atoms with Gasteiger partial charge in [-0.1, -0.05) is 23.7 Å². The number of carbonyl (C=O) groups excluding carboxylic acids is 1. The maximum Gasteiger partial charge on any atom is 0.224 e. The molecule has 2 aromatic rings. The zero-order valence-corrected chi connectivity index (χ0v) is 14.0. The molecular formula is C19H18ClNO3. The van der Waals surface area contributed by atoms with Gasteiger partial charge in [0.2, 0.25) is 5.91 Å². The minimum Gasteiger partial charge on any atom is -0.493 e. The van der Waals surface area contributed by atoms with E-state index >= 15 is 0 Å². The lowest BCUT2D eigenvalue weighted by atomic mass is 9.97. The molecule has 0 bridgehead atoms. The van der Waals surface area contributed by atoms with Gasteiger partial charge in [0.05, 0.1) is 19.6 Å². The summed E-state index contributed by atoms with van der Waals surface area (Å²) in [6.45, 7) is 1.85. The number of benzene rings is 2. The van der Waals surface area contributed by atoms with Crippen LogP contribution in [0.5, 0.6) is 11.5 Å². The van der Waals surface area contributed by atoms with Crippen molar-refractivity contribution >= 4 is 17.5 Å². The number of ether oxygens (including phenoxy) is 2. The standard InChI is InChI=1S/C19H18ClNO3/c20-14-3-1-12(2-4-14)11-21-18(22)10-16-15-6-8-23-17(15)9-13-5-7-24-19(13)16/h1-4,9H,5-8,10-11H2,(H,21,22). The first-order valence-electron chi connectivity index (χ1n) is 8.15. The number of nitrogens with one attached hydrogen (secondary N) is 1. The van der Waals surface area contributed by atoms with E-state index in [4.69, 9.17) is 21.1 Å². The summed E-state index contributed by atoms with van der Waals surface area (Å²) in [7, 11) is 0. The van der Waals surface area contributed by atoms with Crippen molar-refractivity contribution in [3.63, 3.8) is 0 Å². The first-order chi connectivity index (χ1) is 11.7. The molecule has 2 heterocycles. The second kappa shape index (κ2) is 6.36. The third-order valence-electron chi connectivity index (χ3n) is 4.50. The van der Waals surface area contributed by atoms with Gasteiger partial charge in [0.25, 0.3) is 0 Å². The second-order valence-electron chi connectivity index (χ2n) is 6.10. The van der Waals surface area contributed by atoms with Crippen LogP contribution < -0.4 is 14.8 Å². The van der Waals surface area contributed by atoms with Crippen LogP contribution in [0.2, 0.25) is 5.02 Å². The van der Waals surface area contributed by atoms with Crippen molar-refractivity contribution < 1.29 is 14.3 Å². The SMILES string of the molecule is O=C(Cc1c2c(cc3c1OCC3)OCC2)NCc1ccc(Cl)cc1. The van der Waals surface area contributed by atoms with Crippen molar-refractivity contribution in [1.82, 2.24) is 5.32 Å². The number of carbonyl (C=O) groups is 1. The monoisotopic (exact) mass is 343 g/mol. The Morgan fingerprint density at radius 2 is 1.92 bits per heavy atom. The smallest absolute Gasteiger partial charge is 0.224 e. The van der Waals surface area contributed by atoms with E-state index in [-0.39, 0.29) is 5.91 Å². The molecule has 0 atom stereocenters. The van der Waals surface area contributed by atoms with E-state index in [1.807, 2.05) is 24.3 Å². The Balaban J connectivity index is 1.49. The van der Waals surface area contributed by atoms with Gasteiger partial charge in [0.1, 0.15) is 11.5 Å². The molecule has 2 aliphatic rings. The molecule has 2 aliphatic heterocycles. The first-order valence-corrected chi connectivity index (χ1v) is 8.53. The predicted molar refractivity (Wildman–Crippen MR) is 91.8 cm³/mol. The highest BCUT2D eigenvalue weighted by molar-refractivity contribution is 6.30. The molecule has 0 saturated carbocycles. The van der Waals surface area contributed by atoms with Crippen LogP contribution in [0, 0.1) is 0 Å². The molecule has 0 radical (unpaired) electrons. The number of amides is 1. The highest BCUT2D eigenvalue weighted by atomic mass is 35.5. The van der Waals surface area contributed by atoms with Gasteiger partial charge >= 0.3 is 0 Å². The lowest BCUT2D eigenvalue weighted by molar-refractivity contribution is -0.120. The Kier molecular flexibility index (Phi) is 4.07. The number of halogens is 1. The molecule has 2 aromatic carbocycles. The van der Waals surface area contributed by atoms with E-state index in [0.29, 0.717) is 31.2 Å². The third-order valence-corrected chi connectivity index (χ3v) is 4.75. The zero-order valence-electron chi connectivity index (χ0n) is 13.2. The summed E-state index contributed by atoms with van der Waals surface area (Å²) in [5.41, 5.74) is 4.29. The van der Waals surface area contributed by atoms with Gasteiger partial charge in [-0.05, 0) is 23.8 Å². The third kappa shape index (κ3) is 2.94. The minimum atomic E-state index is -0.0112. The summed E-state index contributed by atoms with van der Waals surface area (Å²) in [5.74, 6) is 1.79. The normalized spacial score (nSPS) is 14.5. The first kappa shape index (κ1) is 15.3. The molecule has 0 unspecified atom stereocenters. The summed E-state index contributed by atoms with van der Waals surface area (Å²) in [5, 5.41) is 3.66. The Labute approximate surface area is 145 Å². The molecule has 1 N–H and O–H groups in total. The highest BCUT2D eigenvalue weighted by Gasteiger charge is 2.27. The van der Waals surface area contributed by atoms with Crippen LogP contribution >= 0.6 is 11.6 Å². The number of hydrogen-bond acceptors (Lipinski definition) is 3. The fraction of sp³-hybridized carbons (Fsp3) is 0.316. The fourth-order valence-corrected chi connectivity index (χ4v) is 3.42. The number of hydrogen-bond donors (Lipinski definition) is 1. The summed E-state index contributed by atoms with van der Waals surface area (Å²) >= 11 is 5.88. The van der Waals surface area contributed by atoms with Gasteiger partial charge in [0, 0.05) is 41.1 Å². The van der Waals surface area contributed by atoms with E-state index < -0.39 is 0 Å². The Bertz CT molecular complexity index is 754. The summed E-state index contributed by atoms with van der Waals surface area (Å²) in [4.78, 5) is 12.4. The van der Waals surface area contributed by atoms with Crippen LogP contribution in [0.25, 0.3) is 0 Å². The molecule has 0 spiro atoms. The topological polar surface area (TPSA) is 47.6 Å².